The van der Waals surface area contributed by atoms with Crippen LogP contribution in [-0.4, -0.2) is 42.5 Å². The van der Waals surface area contributed by atoms with Gasteiger partial charge in [-0.15, -0.1) is 0 Å². The van der Waals surface area contributed by atoms with Crippen molar-refractivity contribution >= 4 is 5.78 Å². The minimum Gasteiger partial charge on any atom is -0.382 e. The van der Waals surface area contributed by atoms with Gasteiger partial charge in [0, 0.05) is 19.7 Å². The number of methoxy groups -OCH3 is 1. The number of hydrogen-bond acceptors (Lipinski definition) is 4. The summed E-state index contributed by atoms with van der Waals surface area (Å²) in [6, 6.07) is 0. The van der Waals surface area contributed by atoms with Crippen molar-refractivity contribution in [3.8, 4) is 0 Å². The summed E-state index contributed by atoms with van der Waals surface area (Å²) in [5, 5.41) is 4.09. The molecule has 0 fully saturated rings. The van der Waals surface area contributed by atoms with Crippen LogP contribution in [0, 0.1) is 0 Å². The van der Waals surface area contributed by atoms with Gasteiger partial charge in [-0.3, -0.25) is 9.48 Å². The summed E-state index contributed by atoms with van der Waals surface area (Å²) in [4.78, 5) is 11.3. The largest absolute Gasteiger partial charge is 0.382 e. The van der Waals surface area contributed by atoms with Crippen molar-refractivity contribution in [1.82, 2.24) is 9.78 Å². The first-order chi connectivity index (χ1) is 7.77. The van der Waals surface area contributed by atoms with Gasteiger partial charge in [-0.05, 0) is 0 Å². The van der Waals surface area contributed by atoms with Crippen molar-refractivity contribution < 1.29 is 14.3 Å². The molecule has 0 bridgehead atoms. The molecule has 90 valence electrons. The molecule has 1 rings (SSSR count). The summed E-state index contributed by atoms with van der Waals surface area (Å²) in [5.41, 5.74) is 0.666. The maximum absolute atomic E-state index is 11.3. The van der Waals surface area contributed by atoms with Crippen molar-refractivity contribution in [3.05, 3.63) is 18.0 Å². The average molecular weight is 226 g/mol. The molecular formula is C11H18N2O3. The van der Waals surface area contributed by atoms with E-state index in [1.165, 1.54) is 0 Å². The first-order valence-corrected chi connectivity index (χ1v) is 5.40. The number of rotatable bonds is 8. The summed E-state index contributed by atoms with van der Waals surface area (Å²) in [7, 11) is 1.64. The molecule has 0 amide bonds. The number of nitrogens with zero attached hydrogens (tertiary/aromatic N) is 2. The molecule has 0 N–H and O–H groups in total. The third-order valence-corrected chi connectivity index (χ3v) is 2.17. The second kappa shape index (κ2) is 7.14. The zero-order chi connectivity index (χ0) is 11.8. The Balaban J connectivity index is 2.27. The Bertz CT molecular complexity index is 323. The third-order valence-electron chi connectivity index (χ3n) is 2.17. The van der Waals surface area contributed by atoms with E-state index >= 15 is 0 Å². The molecule has 1 aromatic rings. The zero-order valence-electron chi connectivity index (χ0n) is 9.81. The van der Waals surface area contributed by atoms with Crippen molar-refractivity contribution in [1.29, 1.82) is 0 Å². The Morgan fingerprint density at radius 3 is 2.94 bits per heavy atom. The van der Waals surface area contributed by atoms with Gasteiger partial charge in [-0.1, -0.05) is 6.92 Å². The Kier molecular flexibility index (Phi) is 5.74. The van der Waals surface area contributed by atoms with Crippen LogP contribution in [0.25, 0.3) is 0 Å². The smallest absolute Gasteiger partial charge is 0.165 e. The topological polar surface area (TPSA) is 53.4 Å². The number of Topliss-reactive ketones (excluding diaryl/α,β-unsaturated/α-hetero) is 1. The minimum atomic E-state index is 0.117. The molecule has 0 saturated heterocycles. The van der Waals surface area contributed by atoms with Gasteiger partial charge in [-0.2, -0.15) is 5.10 Å². The molecule has 1 heterocycles. The number of ether oxygens (including phenoxy) is 2. The number of carbonyl (C=O) groups is 1. The number of ketones is 1. The normalized spacial score (nSPS) is 10.6. The molecule has 1 aromatic heterocycles. The van der Waals surface area contributed by atoms with Crippen LogP contribution in [0.2, 0.25) is 0 Å². The van der Waals surface area contributed by atoms with E-state index in [-0.39, 0.29) is 5.78 Å². The average Bonchev–Trinajstić information content (AvgIpc) is 2.76. The van der Waals surface area contributed by atoms with E-state index in [1.807, 2.05) is 6.92 Å². The zero-order valence-corrected chi connectivity index (χ0v) is 9.81. The fraction of sp³-hybridized carbons (Fsp3) is 0.636. The molecule has 5 heteroatoms. The van der Waals surface area contributed by atoms with Crippen LogP contribution in [-0.2, 0) is 16.0 Å². The molecule has 5 nitrogen and oxygen atoms in total. The highest BCUT2D eigenvalue weighted by atomic mass is 16.5. The van der Waals surface area contributed by atoms with Gasteiger partial charge in [0.25, 0.3) is 0 Å². The summed E-state index contributed by atoms with van der Waals surface area (Å²) in [5.74, 6) is 0.117. The van der Waals surface area contributed by atoms with Crippen molar-refractivity contribution in [3.63, 3.8) is 0 Å². The van der Waals surface area contributed by atoms with Crippen molar-refractivity contribution in [2.24, 2.45) is 0 Å². The van der Waals surface area contributed by atoms with E-state index in [0.717, 1.165) is 0 Å². The first-order valence-electron chi connectivity index (χ1n) is 5.40. The summed E-state index contributed by atoms with van der Waals surface area (Å²) in [6.45, 7) is 4.25. The Hall–Kier alpha value is -1.20. The van der Waals surface area contributed by atoms with E-state index in [1.54, 1.807) is 24.2 Å². The van der Waals surface area contributed by atoms with E-state index in [0.29, 0.717) is 38.3 Å². The van der Waals surface area contributed by atoms with E-state index in [2.05, 4.69) is 5.10 Å². The highest BCUT2D eigenvalue weighted by Gasteiger charge is 2.05. The monoisotopic (exact) mass is 226 g/mol. The maximum Gasteiger partial charge on any atom is 0.165 e. The molecule has 0 aliphatic rings. The molecule has 0 spiro atoms. The molecule has 0 aliphatic heterocycles. The van der Waals surface area contributed by atoms with Crippen LogP contribution in [0.1, 0.15) is 23.7 Å². The summed E-state index contributed by atoms with van der Waals surface area (Å²) >= 11 is 0. The van der Waals surface area contributed by atoms with Crippen molar-refractivity contribution in [2.45, 2.75) is 19.9 Å². The van der Waals surface area contributed by atoms with Gasteiger partial charge in [0.1, 0.15) is 0 Å². The Morgan fingerprint density at radius 1 is 1.44 bits per heavy atom. The lowest BCUT2D eigenvalue weighted by molar-refractivity contribution is 0.0654. The second-order valence-corrected chi connectivity index (χ2v) is 3.37. The lowest BCUT2D eigenvalue weighted by Crippen LogP contribution is -2.09. The van der Waals surface area contributed by atoms with E-state index in [9.17, 15) is 4.79 Å². The van der Waals surface area contributed by atoms with Crippen LogP contribution in [0.3, 0.4) is 0 Å². The lowest BCUT2D eigenvalue weighted by atomic mass is 10.2. The van der Waals surface area contributed by atoms with Crippen LogP contribution in [0.4, 0.5) is 0 Å². The van der Waals surface area contributed by atoms with Gasteiger partial charge in [0.2, 0.25) is 0 Å². The minimum absolute atomic E-state index is 0.117. The predicted molar refractivity (Wildman–Crippen MR) is 59.5 cm³/mol. The summed E-state index contributed by atoms with van der Waals surface area (Å²) < 4.78 is 11.9. The fourth-order valence-corrected chi connectivity index (χ4v) is 1.24. The quantitative estimate of drug-likeness (QED) is 0.492. The van der Waals surface area contributed by atoms with E-state index in [4.69, 9.17) is 9.47 Å². The molecule has 0 saturated carbocycles. The number of hydrogen-bond donors (Lipinski definition) is 0. The predicted octanol–water partition coefficient (Wildman–Crippen LogP) is 1.14. The molecule has 0 aromatic carbocycles. The van der Waals surface area contributed by atoms with Gasteiger partial charge in [0.05, 0.1) is 38.1 Å². The third kappa shape index (κ3) is 4.12. The van der Waals surface area contributed by atoms with Gasteiger partial charge < -0.3 is 9.47 Å². The SMILES string of the molecule is CCC(=O)c1cnn(CCOCCOC)c1. The highest BCUT2D eigenvalue weighted by molar-refractivity contribution is 5.95. The second-order valence-electron chi connectivity index (χ2n) is 3.37. The van der Waals surface area contributed by atoms with E-state index < -0.39 is 0 Å². The number of aromatic nitrogens is 2. The summed E-state index contributed by atoms with van der Waals surface area (Å²) in [6.07, 6.45) is 3.86. The lowest BCUT2D eigenvalue weighted by Gasteiger charge is -2.03. The first kappa shape index (κ1) is 12.9. The van der Waals surface area contributed by atoms with Gasteiger partial charge in [-0.25, -0.2) is 0 Å². The van der Waals surface area contributed by atoms with Gasteiger partial charge >= 0.3 is 0 Å². The van der Waals surface area contributed by atoms with Crippen LogP contribution >= 0.6 is 0 Å². The van der Waals surface area contributed by atoms with Gasteiger partial charge in [0.15, 0.2) is 5.78 Å². The molecular weight excluding hydrogens is 208 g/mol. The van der Waals surface area contributed by atoms with Crippen LogP contribution < -0.4 is 0 Å². The number of carbonyl (C=O) groups excluding carboxylic acids is 1. The van der Waals surface area contributed by atoms with Crippen LogP contribution in [0.5, 0.6) is 0 Å². The maximum atomic E-state index is 11.3. The fourth-order valence-electron chi connectivity index (χ4n) is 1.24. The molecule has 16 heavy (non-hydrogen) atoms. The molecule has 0 aliphatic carbocycles. The standard InChI is InChI=1S/C11H18N2O3/c1-3-11(14)10-8-12-13(9-10)4-5-16-7-6-15-2/h8-9H,3-7H2,1-2H3. The highest BCUT2D eigenvalue weighted by Crippen LogP contribution is 2.01. The molecule has 0 unspecified atom stereocenters. The molecule has 0 radical (unpaired) electrons. The van der Waals surface area contributed by atoms with Crippen LogP contribution in [0.15, 0.2) is 12.4 Å². The molecule has 0 atom stereocenters. The Labute approximate surface area is 95.3 Å². The Morgan fingerprint density at radius 2 is 2.25 bits per heavy atom. The van der Waals surface area contributed by atoms with Crippen molar-refractivity contribution in [2.75, 3.05) is 26.9 Å².